The second-order valence-corrected chi connectivity index (χ2v) is 5.89. The number of fused-ring (bicyclic) bond motifs is 1. The van der Waals surface area contributed by atoms with Crippen LogP contribution in [0.5, 0.6) is 0 Å². The maximum atomic E-state index is 12.2. The van der Waals surface area contributed by atoms with Crippen molar-refractivity contribution in [3.05, 3.63) is 64.8 Å². The van der Waals surface area contributed by atoms with Crippen molar-refractivity contribution in [3.8, 4) is 0 Å². The first-order chi connectivity index (χ1) is 10.1. The molecule has 0 radical (unpaired) electrons. The summed E-state index contributed by atoms with van der Waals surface area (Å²) >= 11 is 3.43. The van der Waals surface area contributed by atoms with Crippen LogP contribution in [0.2, 0.25) is 0 Å². The van der Waals surface area contributed by atoms with Gasteiger partial charge in [-0.2, -0.15) is 0 Å². The third kappa shape index (κ3) is 3.00. The number of nitrogens with zero attached hydrogens (tertiary/aromatic N) is 1. The third-order valence-electron chi connectivity index (χ3n) is 3.39. The molecular formula is C17H15BrN2O. The van der Waals surface area contributed by atoms with Crippen LogP contribution < -0.4 is 5.32 Å². The monoisotopic (exact) mass is 342 g/mol. The number of benzene rings is 2. The van der Waals surface area contributed by atoms with Gasteiger partial charge in [0.1, 0.15) is 6.54 Å². The van der Waals surface area contributed by atoms with Crippen molar-refractivity contribution in [1.82, 2.24) is 4.57 Å². The molecule has 0 atom stereocenters. The van der Waals surface area contributed by atoms with Gasteiger partial charge >= 0.3 is 0 Å². The summed E-state index contributed by atoms with van der Waals surface area (Å²) in [6.07, 6.45) is 1.95. The van der Waals surface area contributed by atoms with Crippen molar-refractivity contribution in [2.45, 2.75) is 13.5 Å². The molecule has 3 rings (SSSR count). The molecule has 0 saturated carbocycles. The normalized spacial score (nSPS) is 10.8. The van der Waals surface area contributed by atoms with E-state index in [2.05, 4.69) is 46.4 Å². The highest BCUT2D eigenvalue weighted by Crippen LogP contribution is 2.22. The Morgan fingerprint density at radius 3 is 2.81 bits per heavy atom. The molecule has 106 valence electrons. The van der Waals surface area contributed by atoms with Gasteiger partial charge in [-0.05, 0) is 58.6 Å². The lowest BCUT2D eigenvalue weighted by molar-refractivity contribution is -0.116. The summed E-state index contributed by atoms with van der Waals surface area (Å²) in [4.78, 5) is 12.2. The number of hydrogen-bond donors (Lipinski definition) is 1. The number of para-hydroxylation sites is 1. The Hall–Kier alpha value is -2.07. The first kappa shape index (κ1) is 13.9. The number of carbonyl (C=O) groups excluding carboxylic acids is 1. The topological polar surface area (TPSA) is 34.0 Å². The number of carbonyl (C=O) groups is 1. The molecule has 1 amide bonds. The molecule has 0 aliphatic heterocycles. The number of aryl methyl sites for hydroxylation is 1. The van der Waals surface area contributed by atoms with E-state index in [1.165, 1.54) is 5.56 Å². The fourth-order valence-corrected chi connectivity index (χ4v) is 2.75. The van der Waals surface area contributed by atoms with Crippen LogP contribution in [0, 0.1) is 6.92 Å². The zero-order valence-electron chi connectivity index (χ0n) is 11.6. The molecule has 1 heterocycles. The Balaban J connectivity index is 1.79. The zero-order chi connectivity index (χ0) is 14.8. The van der Waals surface area contributed by atoms with Crippen LogP contribution in [0.4, 0.5) is 5.69 Å². The van der Waals surface area contributed by atoms with Gasteiger partial charge < -0.3 is 9.88 Å². The van der Waals surface area contributed by atoms with E-state index in [1.807, 2.05) is 41.1 Å². The summed E-state index contributed by atoms with van der Waals surface area (Å²) in [5, 5.41) is 4.07. The number of nitrogens with one attached hydrogen (secondary N) is 1. The number of anilines is 1. The maximum Gasteiger partial charge on any atom is 0.244 e. The third-order valence-corrected chi connectivity index (χ3v) is 4.08. The summed E-state index contributed by atoms with van der Waals surface area (Å²) < 4.78 is 2.84. The Morgan fingerprint density at radius 1 is 1.19 bits per heavy atom. The van der Waals surface area contributed by atoms with E-state index >= 15 is 0 Å². The minimum Gasteiger partial charge on any atom is -0.338 e. The van der Waals surface area contributed by atoms with Gasteiger partial charge in [0.05, 0.1) is 5.69 Å². The fourth-order valence-electron chi connectivity index (χ4n) is 2.36. The van der Waals surface area contributed by atoms with Crippen LogP contribution in [0.1, 0.15) is 5.56 Å². The highest BCUT2D eigenvalue weighted by atomic mass is 79.9. The van der Waals surface area contributed by atoms with Gasteiger partial charge in [0.2, 0.25) is 5.91 Å². The Labute approximate surface area is 131 Å². The van der Waals surface area contributed by atoms with E-state index in [4.69, 9.17) is 0 Å². The standard InChI is InChI=1S/C17H15BrN2O/c1-12-6-7-16-13(10-12)8-9-20(16)11-17(21)19-15-5-3-2-4-14(15)18/h2-10H,11H2,1H3,(H,19,21). The Kier molecular flexibility index (Phi) is 3.80. The predicted molar refractivity (Wildman–Crippen MR) is 89.4 cm³/mol. The van der Waals surface area contributed by atoms with E-state index in [-0.39, 0.29) is 5.91 Å². The molecule has 0 spiro atoms. The van der Waals surface area contributed by atoms with Crippen LogP contribution in [0.3, 0.4) is 0 Å². The summed E-state index contributed by atoms with van der Waals surface area (Å²) in [6, 6.07) is 15.9. The molecule has 3 nitrogen and oxygen atoms in total. The second kappa shape index (κ2) is 5.74. The van der Waals surface area contributed by atoms with Gasteiger partial charge in [-0.3, -0.25) is 4.79 Å². The van der Waals surface area contributed by atoms with Crippen LogP contribution in [0.25, 0.3) is 10.9 Å². The molecule has 21 heavy (non-hydrogen) atoms. The minimum absolute atomic E-state index is 0.0417. The lowest BCUT2D eigenvalue weighted by Gasteiger charge is -2.09. The molecule has 3 aromatic rings. The number of aromatic nitrogens is 1. The van der Waals surface area contributed by atoms with Crippen molar-refractivity contribution in [2.24, 2.45) is 0 Å². The average molecular weight is 343 g/mol. The van der Waals surface area contributed by atoms with E-state index < -0.39 is 0 Å². The van der Waals surface area contributed by atoms with Crippen LogP contribution in [0.15, 0.2) is 59.2 Å². The Morgan fingerprint density at radius 2 is 2.00 bits per heavy atom. The van der Waals surface area contributed by atoms with Gasteiger partial charge in [0, 0.05) is 16.2 Å². The van der Waals surface area contributed by atoms with E-state index in [9.17, 15) is 4.79 Å². The molecule has 0 unspecified atom stereocenters. The fraction of sp³-hybridized carbons (Fsp3) is 0.118. The van der Waals surface area contributed by atoms with E-state index in [1.54, 1.807) is 0 Å². The summed E-state index contributed by atoms with van der Waals surface area (Å²) in [5.41, 5.74) is 3.08. The van der Waals surface area contributed by atoms with E-state index in [0.717, 1.165) is 21.1 Å². The van der Waals surface area contributed by atoms with E-state index in [0.29, 0.717) is 6.54 Å². The number of amides is 1. The van der Waals surface area contributed by atoms with Crippen LogP contribution in [-0.4, -0.2) is 10.5 Å². The highest BCUT2D eigenvalue weighted by molar-refractivity contribution is 9.10. The molecule has 4 heteroatoms. The molecule has 1 N–H and O–H groups in total. The molecular weight excluding hydrogens is 328 g/mol. The summed E-state index contributed by atoms with van der Waals surface area (Å²) in [6.45, 7) is 2.37. The zero-order valence-corrected chi connectivity index (χ0v) is 13.2. The molecule has 1 aromatic heterocycles. The lowest BCUT2D eigenvalue weighted by atomic mass is 10.2. The highest BCUT2D eigenvalue weighted by Gasteiger charge is 2.08. The number of halogens is 1. The molecule has 0 fully saturated rings. The largest absolute Gasteiger partial charge is 0.338 e. The Bertz CT molecular complexity index is 807. The molecule has 0 saturated heterocycles. The van der Waals surface area contributed by atoms with Crippen LogP contribution in [-0.2, 0) is 11.3 Å². The number of hydrogen-bond acceptors (Lipinski definition) is 1. The van der Waals surface area contributed by atoms with Crippen molar-refractivity contribution in [2.75, 3.05) is 5.32 Å². The molecule has 2 aromatic carbocycles. The molecule has 0 bridgehead atoms. The van der Waals surface area contributed by atoms with Gasteiger partial charge in [-0.25, -0.2) is 0 Å². The molecule has 0 aliphatic carbocycles. The second-order valence-electron chi connectivity index (χ2n) is 5.03. The first-order valence-electron chi connectivity index (χ1n) is 6.73. The summed E-state index contributed by atoms with van der Waals surface area (Å²) in [7, 11) is 0. The average Bonchev–Trinajstić information content (AvgIpc) is 2.83. The van der Waals surface area contributed by atoms with Crippen LogP contribution >= 0.6 is 15.9 Å². The van der Waals surface area contributed by atoms with Gasteiger partial charge in [0.15, 0.2) is 0 Å². The van der Waals surface area contributed by atoms with Crippen molar-refractivity contribution in [3.63, 3.8) is 0 Å². The van der Waals surface area contributed by atoms with Gasteiger partial charge in [0.25, 0.3) is 0 Å². The SMILES string of the molecule is Cc1ccc2c(ccn2CC(=O)Nc2ccccc2Br)c1. The van der Waals surface area contributed by atoms with Crippen molar-refractivity contribution >= 4 is 38.4 Å². The van der Waals surface area contributed by atoms with Gasteiger partial charge in [-0.15, -0.1) is 0 Å². The minimum atomic E-state index is -0.0417. The van der Waals surface area contributed by atoms with Crippen molar-refractivity contribution < 1.29 is 4.79 Å². The van der Waals surface area contributed by atoms with Crippen molar-refractivity contribution in [1.29, 1.82) is 0 Å². The lowest BCUT2D eigenvalue weighted by Crippen LogP contribution is -2.18. The number of rotatable bonds is 3. The summed E-state index contributed by atoms with van der Waals surface area (Å²) in [5.74, 6) is -0.0417. The molecule has 0 aliphatic rings. The maximum absolute atomic E-state index is 12.2. The smallest absolute Gasteiger partial charge is 0.244 e. The first-order valence-corrected chi connectivity index (χ1v) is 7.53. The predicted octanol–water partition coefficient (Wildman–Crippen LogP) is 4.35. The quantitative estimate of drug-likeness (QED) is 0.754. The van der Waals surface area contributed by atoms with Gasteiger partial charge in [-0.1, -0.05) is 23.8 Å².